The molecule has 0 radical (unpaired) electrons. The van der Waals surface area contributed by atoms with E-state index in [0.717, 1.165) is 44.6 Å². The lowest BCUT2D eigenvalue weighted by atomic mass is 10.1. The molecule has 0 unspecified atom stereocenters. The third-order valence-electron chi connectivity index (χ3n) is 3.68. The van der Waals surface area contributed by atoms with Gasteiger partial charge in [-0.2, -0.15) is 0 Å². The first kappa shape index (κ1) is 16.3. The van der Waals surface area contributed by atoms with Gasteiger partial charge in [0.15, 0.2) is 17.5 Å². The lowest BCUT2D eigenvalue weighted by Crippen LogP contribution is -2.41. The molecule has 1 aromatic rings. The van der Waals surface area contributed by atoms with Gasteiger partial charge in [0.2, 0.25) is 0 Å². The number of nitrogens with one attached hydrogen (secondary N) is 2. The predicted molar refractivity (Wildman–Crippen MR) is 74.6 cm³/mol. The molecule has 7 heteroatoms. The third kappa shape index (κ3) is 3.99. The second kappa shape index (κ2) is 7.29. The van der Waals surface area contributed by atoms with E-state index in [9.17, 15) is 22.8 Å². The van der Waals surface area contributed by atoms with Crippen LogP contribution in [-0.4, -0.2) is 17.9 Å². The van der Waals surface area contributed by atoms with Gasteiger partial charge in [-0.05, 0) is 25.0 Å². The Balaban J connectivity index is 1.96. The largest absolute Gasteiger partial charge is 0.345 e. The third-order valence-corrected chi connectivity index (χ3v) is 3.68. The van der Waals surface area contributed by atoms with Crippen LogP contribution in [0.1, 0.15) is 38.5 Å². The smallest absolute Gasteiger partial charge is 0.313 e. The standard InChI is InChI=1S/C15H17F3N2O2/c16-10-7-8-11(13(18)12(10)17)20-15(22)14(21)19-9-5-3-1-2-4-6-9/h7-9H,1-6H2,(H,19,21)(H,20,22). The number of benzene rings is 1. The number of anilines is 1. The summed E-state index contributed by atoms with van der Waals surface area (Å²) in [5.74, 6) is -6.60. The summed E-state index contributed by atoms with van der Waals surface area (Å²) in [7, 11) is 0. The summed E-state index contributed by atoms with van der Waals surface area (Å²) < 4.78 is 39.3. The molecule has 0 saturated heterocycles. The fourth-order valence-corrected chi connectivity index (χ4v) is 2.48. The quantitative estimate of drug-likeness (QED) is 0.501. The summed E-state index contributed by atoms with van der Waals surface area (Å²) in [6.45, 7) is 0. The number of hydrogen-bond donors (Lipinski definition) is 2. The van der Waals surface area contributed by atoms with Crippen LogP contribution in [0.25, 0.3) is 0 Å². The average molecular weight is 314 g/mol. The molecule has 4 nitrogen and oxygen atoms in total. The Bertz CT molecular complexity index is 570. The molecule has 0 bridgehead atoms. The van der Waals surface area contributed by atoms with E-state index in [1.54, 1.807) is 0 Å². The van der Waals surface area contributed by atoms with E-state index < -0.39 is 35.0 Å². The zero-order valence-corrected chi connectivity index (χ0v) is 11.9. The second-order valence-electron chi connectivity index (χ2n) is 5.34. The maximum atomic E-state index is 13.4. The number of carbonyl (C=O) groups excluding carboxylic acids is 2. The van der Waals surface area contributed by atoms with E-state index >= 15 is 0 Å². The molecule has 1 aromatic carbocycles. The van der Waals surface area contributed by atoms with Crippen molar-refractivity contribution in [2.45, 2.75) is 44.6 Å². The van der Waals surface area contributed by atoms with E-state index in [0.29, 0.717) is 6.07 Å². The van der Waals surface area contributed by atoms with Gasteiger partial charge in [0.1, 0.15) is 0 Å². The van der Waals surface area contributed by atoms with Gasteiger partial charge < -0.3 is 10.6 Å². The van der Waals surface area contributed by atoms with Crippen molar-refractivity contribution < 1.29 is 22.8 Å². The first-order chi connectivity index (χ1) is 10.5. The van der Waals surface area contributed by atoms with E-state index in [4.69, 9.17) is 0 Å². The van der Waals surface area contributed by atoms with Crippen LogP contribution in [0.15, 0.2) is 12.1 Å². The van der Waals surface area contributed by atoms with Crippen molar-refractivity contribution in [3.8, 4) is 0 Å². The highest BCUT2D eigenvalue weighted by Crippen LogP contribution is 2.20. The number of amides is 2. The van der Waals surface area contributed by atoms with Crippen molar-refractivity contribution in [1.82, 2.24) is 5.32 Å². The molecule has 1 aliphatic rings. The summed E-state index contributed by atoms with van der Waals surface area (Å²) >= 11 is 0. The first-order valence-electron chi connectivity index (χ1n) is 7.24. The summed E-state index contributed by atoms with van der Waals surface area (Å²) in [5.41, 5.74) is -0.570. The van der Waals surface area contributed by atoms with Crippen LogP contribution in [0.3, 0.4) is 0 Å². The van der Waals surface area contributed by atoms with Gasteiger partial charge in [0.05, 0.1) is 5.69 Å². The molecule has 1 aliphatic carbocycles. The van der Waals surface area contributed by atoms with E-state index in [2.05, 4.69) is 5.32 Å². The minimum Gasteiger partial charge on any atom is -0.345 e. The molecule has 0 aliphatic heterocycles. The number of rotatable bonds is 2. The Morgan fingerprint density at radius 3 is 2.18 bits per heavy atom. The Kier molecular flexibility index (Phi) is 5.41. The second-order valence-corrected chi connectivity index (χ2v) is 5.34. The minimum atomic E-state index is -1.69. The number of hydrogen-bond acceptors (Lipinski definition) is 2. The number of carbonyl (C=O) groups is 2. The van der Waals surface area contributed by atoms with Crippen molar-refractivity contribution in [3.05, 3.63) is 29.6 Å². The normalized spacial score (nSPS) is 16.0. The Hall–Kier alpha value is -2.05. The first-order valence-corrected chi connectivity index (χ1v) is 7.24. The van der Waals surface area contributed by atoms with Crippen LogP contribution < -0.4 is 10.6 Å². The topological polar surface area (TPSA) is 58.2 Å². The van der Waals surface area contributed by atoms with E-state index in [-0.39, 0.29) is 6.04 Å². The van der Waals surface area contributed by atoms with Gasteiger partial charge in [0.25, 0.3) is 0 Å². The Morgan fingerprint density at radius 1 is 0.909 bits per heavy atom. The predicted octanol–water partition coefficient (Wildman–Crippen LogP) is 2.88. The van der Waals surface area contributed by atoms with Gasteiger partial charge in [-0.25, -0.2) is 13.2 Å². The highest BCUT2D eigenvalue weighted by Gasteiger charge is 2.22. The molecular weight excluding hydrogens is 297 g/mol. The molecule has 0 atom stereocenters. The maximum absolute atomic E-state index is 13.4. The van der Waals surface area contributed by atoms with Gasteiger partial charge in [-0.3, -0.25) is 9.59 Å². The van der Waals surface area contributed by atoms with Crippen molar-refractivity contribution >= 4 is 17.5 Å². The van der Waals surface area contributed by atoms with Crippen LogP contribution in [0.2, 0.25) is 0 Å². The Morgan fingerprint density at radius 2 is 1.55 bits per heavy atom. The van der Waals surface area contributed by atoms with Crippen LogP contribution in [0.4, 0.5) is 18.9 Å². The molecule has 0 spiro atoms. The Labute approximate surface area is 126 Å². The summed E-state index contributed by atoms with van der Waals surface area (Å²) in [4.78, 5) is 23.5. The lowest BCUT2D eigenvalue weighted by Gasteiger charge is -2.16. The molecule has 2 N–H and O–H groups in total. The zero-order valence-electron chi connectivity index (χ0n) is 11.9. The van der Waals surface area contributed by atoms with Gasteiger partial charge in [-0.1, -0.05) is 25.7 Å². The fraction of sp³-hybridized carbons (Fsp3) is 0.467. The molecule has 120 valence electrons. The van der Waals surface area contributed by atoms with E-state index in [1.807, 2.05) is 5.32 Å². The summed E-state index contributed by atoms with van der Waals surface area (Å²) in [6.07, 6.45) is 5.73. The monoisotopic (exact) mass is 314 g/mol. The average Bonchev–Trinajstić information content (AvgIpc) is 2.76. The zero-order chi connectivity index (χ0) is 16.1. The molecule has 2 amide bonds. The maximum Gasteiger partial charge on any atom is 0.313 e. The molecule has 22 heavy (non-hydrogen) atoms. The fourth-order valence-electron chi connectivity index (χ4n) is 2.48. The highest BCUT2D eigenvalue weighted by molar-refractivity contribution is 6.39. The highest BCUT2D eigenvalue weighted by atomic mass is 19.2. The molecule has 0 heterocycles. The molecule has 0 aromatic heterocycles. The van der Waals surface area contributed by atoms with Crippen LogP contribution in [0, 0.1) is 17.5 Å². The minimum absolute atomic E-state index is 0.0875. The van der Waals surface area contributed by atoms with Gasteiger partial charge in [0, 0.05) is 6.04 Å². The van der Waals surface area contributed by atoms with Gasteiger partial charge in [-0.15, -0.1) is 0 Å². The van der Waals surface area contributed by atoms with Crippen molar-refractivity contribution in [2.24, 2.45) is 0 Å². The van der Waals surface area contributed by atoms with Gasteiger partial charge >= 0.3 is 11.8 Å². The van der Waals surface area contributed by atoms with Crippen LogP contribution in [0.5, 0.6) is 0 Å². The summed E-state index contributed by atoms with van der Waals surface area (Å²) in [6, 6.07) is 1.46. The lowest BCUT2D eigenvalue weighted by molar-refractivity contribution is -0.136. The van der Waals surface area contributed by atoms with Crippen LogP contribution >= 0.6 is 0 Å². The SMILES string of the molecule is O=C(Nc1ccc(F)c(F)c1F)C(=O)NC1CCCCCC1. The van der Waals surface area contributed by atoms with Crippen molar-refractivity contribution in [1.29, 1.82) is 0 Å². The molecule has 2 rings (SSSR count). The van der Waals surface area contributed by atoms with Crippen molar-refractivity contribution in [2.75, 3.05) is 5.32 Å². The molecule has 1 fully saturated rings. The van der Waals surface area contributed by atoms with Crippen molar-refractivity contribution in [3.63, 3.8) is 0 Å². The van der Waals surface area contributed by atoms with E-state index in [1.165, 1.54) is 0 Å². The number of halogens is 3. The molecular formula is C15H17F3N2O2. The summed E-state index contributed by atoms with van der Waals surface area (Å²) in [5, 5.41) is 4.53. The molecule has 1 saturated carbocycles. The van der Waals surface area contributed by atoms with Crippen LogP contribution in [-0.2, 0) is 9.59 Å².